The Morgan fingerprint density at radius 2 is 1.73 bits per heavy atom. The van der Waals surface area contributed by atoms with E-state index in [0.717, 1.165) is 17.0 Å². The minimum Gasteiger partial charge on any atom is -0.491 e. The number of nitrogens with zero attached hydrogens (tertiary/aromatic N) is 3. The number of nitrogens with two attached hydrogens (primary N) is 2. The Bertz CT molecular complexity index is 771. The average molecular weight is 359 g/mol. The molecule has 0 aromatic carbocycles. The second kappa shape index (κ2) is 6.59. The Morgan fingerprint density at radius 3 is 2.23 bits per heavy atom. The molecule has 0 radical (unpaired) electrons. The number of hydrogen-bond acceptors (Lipinski definition) is 6. The first-order valence-corrected chi connectivity index (χ1v) is 8.77. The van der Waals surface area contributed by atoms with Gasteiger partial charge < -0.3 is 21.1 Å². The zero-order valence-electron chi connectivity index (χ0n) is 15.5. The molecule has 0 saturated carbocycles. The number of hydrogen-bond donors (Lipinski definition) is 2. The van der Waals surface area contributed by atoms with E-state index in [4.69, 9.17) is 16.2 Å². The fourth-order valence-corrected chi connectivity index (χ4v) is 3.86. The van der Waals surface area contributed by atoms with Crippen LogP contribution in [0, 0.1) is 13.8 Å². The van der Waals surface area contributed by atoms with E-state index < -0.39 is 11.5 Å². The van der Waals surface area contributed by atoms with Gasteiger partial charge in [0.1, 0.15) is 11.4 Å². The topological polar surface area (TPSA) is 124 Å². The predicted octanol–water partition coefficient (Wildman–Crippen LogP) is 0.759. The van der Waals surface area contributed by atoms with Crippen LogP contribution in [0.25, 0.3) is 0 Å². The number of rotatable bonds is 3. The number of primary amides is 1. The van der Waals surface area contributed by atoms with E-state index in [0.29, 0.717) is 43.7 Å². The highest BCUT2D eigenvalue weighted by atomic mass is 16.5. The molecular weight excluding hydrogens is 334 g/mol. The molecule has 2 amide bonds. The number of likely N-dealkylation sites (tertiary alicyclic amines) is 1. The molecule has 2 aliphatic heterocycles. The molecule has 1 aromatic rings. The Kier molecular flexibility index (Phi) is 4.60. The molecule has 1 spiro atoms. The number of carbonyl (C=O) groups is 2. The number of ether oxygens (including phenoxy) is 1. The van der Waals surface area contributed by atoms with Crippen LogP contribution in [0.2, 0.25) is 0 Å². The van der Waals surface area contributed by atoms with Gasteiger partial charge in [0, 0.05) is 49.3 Å². The van der Waals surface area contributed by atoms with Gasteiger partial charge in [0.15, 0.2) is 0 Å². The van der Waals surface area contributed by atoms with E-state index in [2.05, 4.69) is 9.97 Å². The molecule has 1 aromatic heterocycles. The predicted molar refractivity (Wildman–Crippen MR) is 95.8 cm³/mol. The van der Waals surface area contributed by atoms with Crippen molar-refractivity contribution in [2.24, 2.45) is 5.73 Å². The molecule has 8 nitrogen and oxygen atoms in total. The third kappa shape index (κ3) is 3.36. The summed E-state index contributed by atoms with van der Waals surface area (Å²) in [6, 6.07) is 0. The monoisotopic (exact) mass is 359 g/mol. The lowest BCUT2D eigenvalue weighted by Crippen LogP contribution is -2.47. The average Bonchev–Trinajstić information content (AvgIpc) is 2.88. The third-order valence-corrected chi connectivity index (χ3v) is 5.38. The highest BCUT2D eigenvalue weighted by molar-refractivity contribution is 5.93. The summed E-state index contributed by atoms with van der Waals surface area (Å²) in [5.74, 6) is 0.453. The fourth-order valence-electron chi connectivity index (χ4n) is 3.86. The Morgan fingerprint density at radius 1 is 1.15 bits per heavy atom. The van der Waals surface area contributed by atoms with Crippen molar-refractivity contribution >= 4 is 17.8 Å². The maximum Gasteiger partial charge on any atom is 0.248 e. The lowest BCUT2D eigenvalue weighted by Gasteiger charge is -2.39. The van der Waals surface area contributed by atoms with Crippen LogP contribution >= 0.6 is 0 Å². The van der Waals surface area contributed by atoms with E-state index in [1.807, 2.05) is 18.7 Å². The molecule has 3 rings (SSSR count). The Balaban J connectivity index is 1.63. The van der Waals surface area contributed by atoms with E-state index in [1.54, 1.807) is 6.92 Å². The first kappa shape index (κ1) is 18.2. The van der Waals surface area contributed by atoms with Crippen molar-refractivity contribution in [3.05, 3.63) is 28.3 Å². The standard InChI is InChI=1S/C18H25N5O3/c1-10-13(11(2)22-17(20)21-10)8-15(24)23-6-4-18(5-7-23)9-14(16(19)25)12(3)26-18/h4-9H2,1-3H3,(H2,19,25)(H2,20,21,22). The second-order valence-electron chi connectivity index (χ2n) is 7.15. The number of piperidine rings is 1. The lowest BCUT2D eigenvalue weighted by molar-refractivity contribution is -0.134. The highest BCUT2D eigenvalue weighted by Gasteiger charge is 2.44. The van der Waals surface area contributed by atoms with Gasteiger partial charge in [0.25, 0.3) is 0 Å². The molecule has 0 atom stereocenters. The van der Waals surface area contributed by atoms with Crippen molar-refractivity contribution in [1.29, 1.82) is 0 Å². The number of aromatic nitrogens is 2. The van der Waals surface area contributed by atoms with Gasteiger partial charge >= 0.3 is 0 Å². The van der Waals surface area contributed by atoms with Gasteiger partial charge in [-0.1, -0.05) is 0 Å². The van der Waals surface area contributed by atoms with Crippen molar-refractivity contribution in [3.63, 3.8) is 0 Å². The SMILES string of the molecule is CC1=C(C(N)=O)CC2(CCN(C(=O)Cc3c(C)nc(N)nc3C)CC2)O1. The molecule has 1 fully saturated rings. The molecule has 0 unspecified atom stereocenters. The van der Waals surface area contributed by atoms with Crippen molar-refractivity contribution < 1.29 is 14.3 Å². The molecule has 3 heterocycles. The summed E-state index contributed by atoms with van der Waals surface area (Å²) in [7, 11) is 0. The zero-order chi connectivity index (χ0) is 19.1. The molecule has 140 valence electrons. The van der Waals surface area contributed by atoms with Crippen LogP contribution in [-0.4, -0.2) is 45.4 Å². The number of aryl methyl sites for hydroxylation is 2. The fraction of sp³-hybridized carbons (Fsp3) is 0.556. The molecular formula is C18H25N5O3. The van der Waals surface area contributed by atoms with E-state index in [-0.39, 0.29) is 18.3 Å². The van der Waals surface area contributed by atoms with Crippen molar-refractivity contribution in [2.75, 3.05) is 18.8 Å². The van der Waals surface area contributed by atoms with E-state index >= 15 is 0 Å². The smallest absolute Gasteiger partial charge is 0.248 e. The molecule has 4 N–H and O–H groups in total. The second-order valence-corrected chi connectivity index (χ2v) is 7.15. The normalized spacial score (nSPS) is 19.0. The summed E-state index contributed by atoms with van der Waals surface area (Å²) in [6.07, 6.45) is 2.15. The van der Waals surface area contributed by atoms with Gasteiger partial charge in [-0.15, -0.1) is 0 Å². The quantitative estimate of drug-likeness (QED) is 0.821. The first-order chi connectivity index (χ1) is 12.2. The summed E-state index contributed by atoms with van der Waals surface area (Å²) < 4.78 is 5.97. The van der Waals surface area contributed by atoms with Crippen LogP contribution in [-0.2, 0) is 20.7 Å². The molecule has 1 saturated heterocycles. The number of allylic oxidation sites excluding steroid dienone is 1. The summed E-state index contributed by atoms with van der Waals surface area (Å²) in [6.45, 7) is 6.63. The van der Waals surface area contributed by atoms with Gasteiger partial charge in [0.05, 0.1) is 12.0 Å². The van der Waals surface area contributed by atoms with Gasteiger partial charge in [-0.3, -0.25) is 9.59 Å². The Hall–Kier alpha value is -2.64. The molecule has 26 heavy (non-hydrogen) atoms. The zero-order valence-corrected chi connectivity index (χ0v) is 15.5. The summed E-state index contributed by atoms with van der Waals surface area (Å²) >= 11 is 0. The summed E-state index contributed by atoms with van der Waals surface area (Å²) in [5, 5.41) is 0. The van der Waals surface area contributed by atoms with Crippen LogP contribution in [0.5, 0.6) is 0 Å². The van der Waals surface area contributed by atoms with Crippen LogP contribution in [0.15, 0.2) is 11.3 Å². The van der Waals surface area contributed by atoms with E-state index in [9.17, 15) is 9.59 Å². The van der Waals surface area contributed by atoms with Crippen LogP contribution in [0.1, 0.15) is 43.1 Å². The number of nitrogen functional groups attached to an aromatic ring is 1. The van der Waals surface area contributed by atoms with Crippen molar-refractivity contribution in [1.82, 2.24) is 14.9 Å². The summed E-state index contributed by atoms with van der Waals surface area (Å²) in [4.78, 5) is 34.3. The van der Waals surface area contributed by atoms with Gasteiger partial charge in [-0.25, -0.2) is 9.97 Å². The van der Waals surface area contributed by atoms with E-state index in [1.165, 1.54) is 0 Å². The molecule has 0 aliphatic carbocycles. The van der Waals surface area contributed by atoms with Gasteiger partial charge in [0.2, 0.25) is 17.8 Å². The lowest BCUT2D eigenvalue weighted by atomic mass is 9.86. The van der Waals surface area contributed by atoms with Crippen molar-refractivity contribution in [3.8, 4) is 0 Å². The van der Waals surface area contributed by atoms with Crippen LogP contribution in [0.3, 0.4) is 0 Å². The van der Waals surface area contributed by atoms with Crippen molar-refractivity contribution in [2.45, 2.75) is 52.1 Å². The van der Waals surface area contributed by atoms with Crippen LogP contribution in [0.4, 0.5) is 5.95 Å². The molecule has 8 heteroatoms. The van der Waals surface area contributed by atoms with Gasteiger partial charge in [-0.05, 0) is 20.8 Å². The van der Waals surface area contributed by atoms with Crippen LogP contribution < -0.4 is 11.5 Å². The number of amides is 2. The summed E-state index contributed by atoms with van der Waals surface area (Å²) in [5.41, 5.74) is 13.5. The number of anilines is 1. The minimum absolute atomic E-state index is 0.0391. The van der Waals surface area contributed by atoms with Gasteiger partial charge in [-0.2, -0.15) is 0 Å². The Labute approximate surface area is 152 Å². The largest absolute Gasteiger partial charge is 0.491 e. The molecule has 2 aliphatic rings. The maximum atomic E-state index is 12.7. The third-order valence-electron chi connectivity index (χ3n) is 5.38. The minimum atomic E-state index is -0.424. The molecule has 0 bridgehead atoms. The highest BCUT2D eigenvalue weighted by Crippen LogP contribution is 2.41. The first-order valence-electron chi connectivity index (χ1n) is 8.77. The maximum absolute atomic E-state index is 12.7. The number of carbonyl (C=O) groups excluding carboxylic acids is 2.